The lowest BCUT2D eigenvalue weighted by Gasteiger charge is -2.31. The van der Waals surface area contributed by atoms with Gasteiger partial charge in [-0.1, -0.05) is 0 Å². The van der Waals surface area contributed by atoms with Gasteiger partial charge in [0.05, 0.1) is 10.8 Å². The highest BCUT2D eigenvalue weighted by Crippen LogP contribution is 2.17. The number of hydrogen-bond donors (Lipinski definition) is 3. The van der Waals surface area contributed by atoms with Crippen LogP contribution in [-0.2, 0) is 14.8 Å². The summed E-state index contributed by atoms with van der Waals surface area (Å²) >= 11 is 0. The highest BCUT2D eigenvalue weighted by molar-refractivity contribution is 7.89. The average molecular weight is 407 g/mol. The number of amides is 1. The summed E-state index contributed by atoms with van der Waals surface area (Å²) < 4.78 is 28.1. The Morgan fingerprint density at radius 2 is 2.00 bits per heavy atom. The van der Waals surface area contributed by atoms with Crippen LogP contribution >= 0.6 is 12.4 Å². The van der Waals surface area contributed by atoms with Gasteiger partial charge >= 0.3 is 0 Å². The summed E-state index contributed by atoms with van der Waals surface area (Å²) in [5.74, 6) is 0.644. The molecule has 0 bridgehead atoms. The molecule has 0 aliphatic carbocycles. The van der Waals surface area contributed by atoms with E-state index < -0.39 is 10.0 Å². The Bertz CT molecular complexity index is 669. The van der Waals surface area contributed by atoms with Crippen molar-refractivity contribution < 1.29 is 17.9 Å². The van der Waals surface area contributed by atoms with Gasteiger partial charge in [-0.05, 0) is 43.7 Å². The maximum Gasteiger partial charge on any atom is 0.238 e. The van der Waals surface area contributed by atoms with Crippen LogP contribution in [0.15, 0.2) is 29.2 Å². The standard InChI is InChI=1S/C16H26N4O4S.ClH/c17-7-8-19-16(21)13-2-1-9-20(12-13)10-11-24-14-3-5-15(6-4-14)25(18,22)23;/h3-6,13H,1-2,7-12,17H2,(H,19,21)(H2,18,22,23);1H. The first-order valence-electron chi connectivity index (χ1n) is 8.36. The summed E-state index contributed by atoms with van der Waals surface area (Å²) in [7, 11) is -3.69. The highest BCUT2D eigenvalue weighted by atomic mass is 35.5. The predicted molar refractivity (Wildman–Crippen MR) is 102 cm³/mol. The van der Waals surface area contributed by atoms with Crippen LogP contribution in [0.4, 0.5) is 0 Å². The number of halogens is 1. The van der Waals surface area contributed by atoms with Gasteiger partial charge in [0.15, 0.2) is 0 Å². The summed E-state index contributed by atoms with van der Waals surface area (Å²) in [5.41, 5.74) is 5.41. The lowest BCUT2D eigenvalue weighted by atomic mass is 9.97. The van der Waals surface area contributed by atoms with Crippen molar-refractivity contribution in [2.75, 3.05) is 39.3 Å². The quantitative estimate of drug-likeness (QED) is 0.554. The van der Waals surface area contributed by atoms with Gasteiger partial charge in [0, 0.05) is 26.2 Å². The molecule has 1 aliphatic rings. The maximum absolute atomic E-state index is 12.0. The maximum atomic E-state index is 12.0. The molecule has 1 aromatic carbocycles. The normalized spacial score (nSPS) is 18.0. The molecule has 0 aromatic heterocycles. The number of sulfonamides is 1. The molecule has 148 valence electrons. The van der Waals surface area contributed by atoms with E-state index in [1.807, 2.05) is 0 Å². The number of nitrogens with zero attached hydrogens (tertiary/aromatic N) is 1. The molecule has 1 atom stereocenters. The molecule has 1 aliphatic heterocycles. The fourth-order valence-corrected chi connectivity index (χ4v) is 3.35. The second-order valence-corrected chi connectivity index (χ2v) is 7.65. The van der Waals surface area contributed by atoms with Crippen molar-refractivity contribution in [2.24, 2.45) is 16.8 Å². The second-order valence-electron chi connectivity index (χ2n) is 6.08. The zero-order valence-electron chi connectivity index (χ0n) is 14.6. The van der Waals surface area contributed by atoms with Gasteiger partial charge in [-0.25, -0.2) is 13.6 Å². The molecule has 0 radical (unpaired) electrons. The molecule has 1 saturated heterocycles. The Morgan fingerprint density at radius 3 is 2.62 bits per heavy atom. The topological polar surface area (TPSA) is 128 Å². The van der Waals surface area contributed by atoms with E-state index in [4.69, 9.17) is 15.6 Å². The van der Waals surface area contributed by atoms with Gasteiger partial charge in [0.25, 0.3) is 0 Å². The molecule has 26 heavy (non-hydrogen) atoms. The number of carbonyl (C=O) groups is 1. The molecule has 8 nitrogen and oxygen atoms in total. The first kappa shape index (κ1) is 22.7. The number of nitrogens with two attached hydrogens (primary N) is 2. The molecule has 10 heteroatoms. The number of nitrogens with one attached hydrogen (secondary N) is 1. The lowest BCUT2D eigenvalue weighted by molar-refractivity contribution is -0.126. The minimum Gasteiger partial charge on any atom is -0.492 e. The van der Waals surface area contributed by atoms with Crippen molar-refractivity contribution in [1.82, 2.24) is 10.2 Å². The average Bonchev–Trinajstić information content (AvgIpc) is 2.59. The van der Waals surface area contributed by atoms with Crippen LogP contribution in [0.25, 0.3) is 0 Å². The summed E-state index contributed by atoms with van der Waals surface area (Å²) in [5, 5.41) is 7.90. The summed E-state index contributed by atoms with van der Waals surface area (Å²) in [4.78, 5) is 14.3. The summed E-state index contributed by atoms with van der Waals surface area (Å²) in [6.45, 7) is 3.77. The van der Waals surface area contributed by atoms with E-state index >= 15 is 0 Å². The Hall–Kier alpha value is -1.39. The number of piperidine rings is 1. The Morgan fingerprint density at radius 1 is 1.31 bits per heavy atom. The smallest absolute Gasteiger partial charge is 0.238 e. The fourth-order valence-electron chi connectivity index (χ4n) is 2.83. The summed E-state index contributed by atoms with van der Waals surface area (Å²) in [6.07, 6.45) is 1.87. The molecular weight excluding hydrogens is 380 g/mol. The van der Waals surface area contributed by atoms with Crippen molar-refractivity contribution in [3.8, 4) is 5.75 Å². The molecule has 1 heterocycles. The van der Waals surface area contributed by atoms with Crippen LogP contribution < -0.4 is 20.9 Å². The zero-order chi connectivity index (χ0) is 18.3. The Balaban J connectivity index is 0.00000338. The van der Waals surface area contributed by atoms with Crippen LogP contribution in [0.2, 0.25) is 0 Å². The zero-order valence-corrected chi connectivity index (χ0v) is 16.2. The minimum atomic E-state index is -3.69. The third-order valence-corrected chi connectivity index (χ3v) is 5.08. The van der Waals surface area contributed by atoms with E-state index in [-0.39, 0.29) is 29.1 Å². The molecule has 2 rings (SSSR count). The largest absolute Gasteiger partial charge is 0.492 e. The first-order chi connectivity index (χ1) is 11.9. The number of hydrogen-bond acceptors (Lipinski definition) is 6. The van der Waals surface area contributed by atoms with Gasteiger partial charge in [-0.15, -0.1) is 12.4 Å². The molecular formula is C16H27ClN4O4S. The Labute approximate surface area is 160 Å². The van der Waals surface area contributed by atoms with Gasteiger partial charge < -0.3 is 15.8 Å². The molecule has 0 saturated carbocycles. The van der Waals surface area contributed by atoms with Crippen LogP contribution in [-0.4, -0.2) is 58.6 Å². The predicted octanol–water partition coefficient (Wildman–Crippen LogP) is -0.0785. The number of rotatable bonds is 8. The highest BCUT2D eigenvalue weighted by Gasteiger charge is 2.25. The number of primary sulfonamides is 1. The van der Waals surface area contributed by atoms with Crippen molar-refractivity contribution in [3.05, 3.63) is 24.3 Å². The second kappa shape index (κ2) is 10.7. The number of benzene rings is 1. The van der Waals surface area contributed by atoms with Crippen molar-refractivity contribution in [1.29, 1.82) is 0 Å². The third-order valence-electron chi connectivity index (χ3n) is 4.15. The van der Waals surface area contributed by atoms with E-state index in [2.05, 4.69) is 10.2 Å². The van der Waals surface area contributed by atoms with E-state index in [1.54, 1.807) is 12.1 Å². The van der Waals surface area contributed by atoms with Crippen molar-refractivity contribution in [2.45, 2.75) is 17.7 Å². The number of likely N-dealkylation sites (tertiary alicyclic amines) is 1. The molecule has 1 amide bonds. The fraction of sp³-hybridized carbons (Fsp3) is 0.562. The molecule has 1 aromatic rings. The Kier molecular flexibility index (Phi) is 9.31. The SMILES string of the molecule is Cl.NCCNC(=O)C1CCCN(CCOc2ccc(S(N)(=O)=O)cc2)C1. The van der Waals surface area contributed by atoms with E-state index in [0.717, 1.165) is 19.4 Å². The van der Waals surface area contributed by atoms with Crippen LogP contribution in [0.5, 0.6) is 5.75 Å². The van der Waals surface area contributed by atoms with E-state index in [9.17, 15) is 13.2 Å². The molecule has 0 spiro atoms. The first-order valence-corrected chi connectivity index (χ1v) is 9.90. The van der Waals surface area contributed by atoms with Gasteiger partial charge in [0.2, 0.25) is 15.9 Å². The van der Waals surface area contributed by atoms with Crippen LogP contribution in [0.3, 0.4) is 0 Å². The van der Waals surface area contributed by atoms with Crippen LogP contribution in [0.1, 0.15) is 12.8 Å². The molecule has 1 unspecified atom stereocenters. The van der Waals surface area contributed by atoms with Gasteiger partial charge in [0.1, 0.15) is 12.4 Å². The van der Waals surface area contributed by atoms with Crippen molar-refractivity contribution >= 4 is 28.3 Å². The third kappa shape index (κ3) is 7.08. The molecule has 1 fully saturated rings. The number of carbonyl (C=O) groups excluding carboxylic acids is 1. The van der Waals surface area contributed by atoms with Crippen molar-refractivity contribution in [3.63, 3.8) is 0 Å². The summed E-state index contributed by atoms with van der Waals surface area (Å²) in [6, 6.07) is 6.00. The van der Waals surface area contributed by atoms with Gasteiger partial charge in [-0.2, -0.15) is 0 Å². The monoisotopic (exact) mass is 406 g/mol. The van der Waals surface area contributed by atoms with Crippen LogP contribution in [0, 0.1) is 5.92 Å². The van der Waals surface area contributed by atoms with E-state index in [0.29, 0.717) is 38.5 Å². The van der Waals surface area contributed by atoms with E-state index in [1.165, 1.54) is 12.1 Å². The minimum absolute atomic E-state index is 0. The lowest BCUT2D eigenvalue weighted by Crippen LogP contribution is -2.45. The van der Waals surface area contributed by atoms with Gasteiger partial charge in [-0.3, -0.25) is 9.69 Å². The molecule has 5 N–H and O–H groups in total. The number of ether oxygens (including phenoxy) is 1.